The van der Waals surface area contributed by atoms with Gasteiger partial charge in [-0.3, -0.25) is 4.79 Å². The minimum absolute atomic E-state index is 0.208. The van der Waals surface area contributed by atoms with E-state index in [9.17, 15) is 9.59 Å². The predicted molar refractivity (Wildman–Crippen MR) is 82.4 cm³/mol. The molecule has 0 radical (unpaired) electrons. The highest BCUT2D eigenvalue weighted by Gasteiger charge is 2.12. The number of benzene rings is 3. The molecule has 0 atom stereocenters. The summed E-state index contributed by atoms with van der Waals surface area (Å²) in [6, 6.07) is 24.6. The van der Waals surface area contributed by atoms with Crippen molar-refractivity contribution in [3.63, 3.8) is 0 Å². The number of Topliss-reactive ketones (excluding diaryl/α,β-unsaturated/α-hetero) is 1. The largest absolute Gasteiger partial charge is 0.475 e. The molecular formula is C18H14O3. The van der Waals surface area contributed by atoms with Crippen LogP contribution in [0.15, 0.2) is 78.9 Å². The number of carbonyl (C=O) groups is 2. The van der Waals surface area contributed by atoms with Crippen LogP contribution in [-0.2, 0) is 4.79 Å². The zero-order chi connectivity index (χ0) is 15.1. The normalized spacial score (nSPS) is 9.52. The van der Waals surface area contributed by atoms with Crippen LogP contribution in [-0.4, -0.2) is 16.9 Å². The highest BCUT2D eigenvalue weighted by molar-refractivity contribution is 6.39. The van der Waals surface area contributed by atoms with Crippen LogP contribution in [0.1, 0.15) is 10.4 Å². The molecule has 0 fully saturated rings. The van der Waals surface area contributed by atoms with Gasteiger partial charge in [0.05, 0.1) is 0 Å². The fourth-order valence-corrected chi connectivity index (χ4v) is 1.85. The van der Waals surface area contributed by atoms with E-state index in [1.54, 1.807) is 18.2 Å². The lowest BCUT2D eigenvalue weighted by molar-refractivity contribution is -0.131. The van der Waals surface area contributed by atoms with Gasteiger partial charge in [-0.25, -0.2) is 4.79 Å². The van der Waals surface area contributed by atoms with Crippen LogP contribution in [0, 0.1) is 0 Å². The Morgan fingerprint density at radius 2 is 1.00 bits per heavy atom. The minimum Gasteiger partial charge on any atom is -0.475 e. The predicted octanol–water partition coefficient (Wildman–Crippen LogP) is 3.79. The van der Waals surface area contributed by atoms with Gasteiger partial charge in [0.15, 0.2) is 0 Å². The maximum atomic E-state index is 10.7. The lowest BCUT2D eigenvalue weighted by Crippen LogP contribution is -2.12. The molecule has 0 aliphatic heterocycles. The first-order chi connectivity index (χ1) is 10.2. The Labute approximate surface area is 122 Å². The summed E-state index contributed by atoms with van der Waals surface area (Å²) in [6.07, 6.45) is 0. The van der Waals surface area contributed by atoms with Crippen molar-refractivity contribution in [3.8, 4) is 0 Å². The van der Waals surface area contributed by atoms with Crippen molar-refractivity contribution in [1.82, 2.24) is 0 Å². The first-order valence-electron chi connectivity index (χ1n) is 6.45. The summed E-state index contributed by atoms with van der Waals surface area (Å²) in [4.78, 5) is 20.9. The molecule has 0 unspecified atom stereocenters. The SMILES string of the molecule is O=C(O)C(=O)c1ccccc1.c1ccc2ccccc2c1. The Morgan fingerprint density at radius 1 is 0.619 bits per heavy atom. The monoisotopic (exact) mass is 278 g/mol. The average molecular weight is 278 g/mol. The number of hydrogen-bond donors (Lipinski definition) is 1. The van der Waals surface area contributed by atoms with E-state index >= 15 is 0 Å². The quantitative estimate of drug-likeness (QED) is 0.573. The molecule has 104 valence electrons. The van der Waals surface area contributed by atoms with E-state index in [1.165, 1.54) is 22.9 Å². The Bertz CT molecular complexity index is 683. The summed E-state index contributed by atoms with van der Waals surface area (Å²) in [5, 5.41) is 10.9. The third-order valence-electron chi connectivity index (χ3n) is 2.89. The van der Waals surface area contributed by atoms with Gasteiger partial charge in [0, 0.05) is 5.56 Å². The summed E-state index contributed by atoms with van der Waals surface area (Å²) in [7, 11) is 0. The molecule has 21 heavy (non-hydrogen) atoms. The van der Waals surface area contributed by atoms with Gasteiger partial charge < -0.3 is 5.11 Å². The second-order valence-corrected chi connectivity index (χ2v) is 4.35. The zero-order valence-corrected chi connectivity index (χ0v) is 11.3. The number of aliphatic carboxylic acids is 1. The van der Waals surface area contributed by atoms with E-state index in [4.69, 9.17) is 5.11 Å². The molecule has 0 saturated carbocycles. The standard InChI is InChI=1S/C10H8.C8H6O3/c1-2-6-10-8-4-3-7-9(10)5-1;9-7(8(10)11)6-4-2-1-3-5-6/h1-8H;1-5H,(H,10,11). The molecule has 3 heteroatoms. The first kappa shape index (κ1) is 14.5. The van der Waals surface area contributed by atoms with Gasteiger partial charge in [-0.05, 0) is 10.8 Å². The molecule has 3 aromatic rings. The number of carboxylic acid groups (broad SMARTS) is 1. The number of rotatable bonds is 2. The van der Waals surface area contributed by atoms with E-state index < -0.39 is 11.8 Å². The maximum Gasteiger partial charge on any atom is 0.377 e. The van der Waals surface area contributed by atoms with Crippen LogP contribution in [0.4, 0.5) is 0 Å². The molecule has 1 N–H and O–H groups in total. The number of hydrogen-bond acceptors (Lipinski definition) is 2. The van der Waals surface area contributed by atoms with Gasteiger partial charge in [0.1, 0.15) is 0 Å². The van der Waals surface area contributed by atoms with Gasteiger partial charge in [-0.1, -0.05) is 78.9 Å². The van der Waals surface area contributed by atoms with Crippen molar-refractivity contribution in [1.29, 1.82) is 0 Å². The molecule has 0 heterocycles. The highest BCUT2D eigenvalue weighted by atomic mass is 16.4. The van der Waals surface area contributed by atoms with Crippen LogP contribution in [0.2, 0.25) is 0 Å². The first-order valence-corrected chi connectivity index (χ1v) is 6.45. The molecule has 3 nitrogen and oxygen atoms in total. The van der Waals surface area contributed by atoms with Crippen molar-refractivity contribution >= 4 is 22.5 Å². The summed E-state index contributed by atoms with van der Waals surface area (Å²) < 4.78 is 0. The summed E-state index contributed by atoms with van der Waals surface area (Å²) in [5.74, 6) is -2.29. The Morgan fingerprint density at radius 3 is 1.38 bits per heavy atom. The van der Waals surface area contributed by atoms with Crippen LogP contribution < -0.4 is 0 Å². The summed E-state index contributed by atoms with van der Waals surface area (Å²) >= 11 is 0. The molecular weight excluding hydrogens is 264 g/mol. The molecule has 3 aromatic carbocycles. The number of ketones is 1. The fourth-order valence-electron chi connectivity index (χ4n) is 1.85. The summed E-state index contributed by atoms with van der Waals surface area (Å²) in [5.41, 5.74) is 0.208. The molecule has 0 saturated heterocycles. The van der Waals surface area contributed by atoms with Gasteiger partial charge in [-0.2, -0.15) is 0 Å². The van der Waals surface area contributed by atoms with E-state index in [0.717, 1.165) is 0 Å². The molecule has 0 bridgehead atoms. The molecule has 0 aliphatic carbocycles. The van der Waals surface area contributed by atoms with Crippen molar-refractivity contribution in [2.24, 2.45) is 0 Å². The van der Waals surface area contributed by atoms with Gasteiger partial charge in [-0.15, -0.1) is 0 Å². The maximum absolute atomic E-state index is 10.7. The second kappa shape index (κ2) is 7.01. The van der Waals surface area contributed by atoms with Gasteiger partial charge in [0.25, 0.3) is 5.78 Å². The van der Waals surface area contributed by atoms with E-state index in [1.807, 2.05) is 0 Å². The zero-order valence-electron chi connectivity index (χ0n) is 11.3. The van der Waals surface area contributed by atoms with Crippen molar-refractivity contribution in [2.45, 2.75) is 0 Å². The number of carboxylic acids is 1. The Balaban J connectivity index is 0.000000154. The van der Waals surface area contributed by atoms with Crippen molar-refractivity contribution < 1.29 is 14.7 Å². The lowest BCUT2D eigenvalue weighted by Gasteiger charge is -1.92. The third kappa shape index (κ3) is 4.01. The van der Waals surface area contributed by atoms with E-state index in [-0.39, 0.29) is 5.56 Å². The van der Waals surface area contributed by atoms with Crippen LogP contribution in [0.25, 0.3) is 10.8 Å². The van der Waals surface area contributed by atoms with E-state index in [2.05, 4.69) is 48.5 Å². The number of fused-ring (bicyclic) bond motifs is 1. The molecule has 0 spiro atoms. The summed E-state index contributed by atoms with van der Waals surface area (Å²) in [6.45, 7) is 0. The van der Waals surface area contributed by atoms with E-state index in [0.29, 0.717) is 0 Å². The molecule has 3 rings (SSSR count). The minimum atomic E-state index is -1.42. The lowest BCUT2D eigenvalue weighted by atomic mass is 10.1. The molecule has 0 amide bonds. The second-order valence-electron chi connectivity index (χ2n) is 4.35. The Kier molecular flexibility index (Phi) is 4.83. The third-order valence-corrected chi connectivity index (χ3v) is 2.89. The number of carbonyl (C=O) groups excluding carboxylic acids is 1. The average Bonchev–Trinajstić information content (AvgIpc) is 2.55. The molecule has 0 aliphatic rings. The highest BCUT2D eigenvalue weighted by Crippen LogP contribution is 2.11. The topological polar surface area (TPSA) is 54.4 Å². The fraction of sp³-hybridized carbons (Fsp3) is 0. The molecule has 0 aromatic heterocycles. The van der Waals surface area contributed by atoms with Crippen LogP contribution in [0.3, 0.4) is 0 Å². The van der Waals surface area contributed by atoms with Gasteiger partial charge in [0.2, 0.25) is 0 Å². The van der Waals surface area contributed by atoms with Crippen molar-refractivity contribution in [2.75, 3.05) is 0 Å². The van der Waals surface area contributed by atoms with Gasteiger partial charge >= 0.3 is 5.97 Å². The van der Waals surface area contributed by atoms with Crippen molar-refractivity contribution in [3.05, 3.63) is 84.4 Å². The Hall–Kier alpha value is -2.94. The smallest absolute Gasteiger partial charge is 0.377 e. The van der Waals surface area contributed by atoms with Crippen LogP contribution in [0.5, 0.6) is 0 Å². The van der Waals surface area contributed by atoms with Crippen LogP contribution >= 0.6 is 0 Å².